The van der Waals surface area contributed by atoms with Crippen LogP contribution in [0.25, 0.3) is 0 Å². The van der Waals surface area contributed by atoms with Gasteiger partial charge in [-0.3, -0.25) is 0 Å². The molecule has 9 nitrogen and oxygen atoms in total. The Morgan fingerprint density at radius 1 is 0.889 bits per heavy atom. The fourth-order valence-corrected chi connectivity index (χ4v) is 10.5. The van der Waals surface area contributed by atoms with Crippen molar-refractivity contribution in [2.75, 3.05) is 11.9 Å². The highest BCUT2D eigenvalue weighted by Gasteiger charge is 2.46. The Morgan fingerprint density at radius 3 is 1.87 bits per heavy atom. The molecule has 1 aliphatic heterocycles. The third-order valence-corrected chi connectivity index (χ3v) is 18.2. The highest BCUT2D eigenvalue weighted by molar-refractivity contribution is 7.92. The summed E-state index contributed by atoms with van der Waals surface area (Å²) in [4.78, 5) is 14.6. The molecule has 0 saturated heterocycles. The average molecular weight is 760 g/mol. The Hall–Kier alpha value is -4.55. The molecule has 0 saturated carbocycles. The number of amides is 2. The van der Waals surface area contributed by atoms with Crippen molar-refractivity contribution in [2.45, 2.75) is 94.1 Å². The Balaban J connectivity index is 1.28. The zero-order chi connectivity index (χ0) is 37.9. The predicted octanol–water partition coefficient (Wildman–Crippen LogP) is 8.81. The third kappa shape index (κ3) is 6.30. The summed E-state index contributed by atoms with van der Waals surface area (Å²) in [6, 6.07) is 31.2. The molecule has 1 unspecified atom stereocenters. The molecule has 2 amide bonds. The van der Waals surface area contributed by atoms with Crippen molar-refractivity contribution >= 4 is 30.0 Å². The number of urea groups is 1. The summed E-state index contributed by atoms with van der Waals surface area (Å²) in [5, 5.41) is 7.83. The molecule has 3 aliphatic rings. The van der Waals surface area contributed by atoms with E-state index in [4.69, 9.17) is 14.3 Å². The van der Waals surface area contributed by atoms with Crippen LogP contribution in [0.15, 0.2) is 113 Å². The van der Waals surface area contributed by atoms with Crippen LogP contribution in [-0.2, 0) is 52.1 Å². The number of ether oxygens (including phenoxy) is 1. The smallest absolute Gasteiger partial charge is 0.354 e. The molecular formula is C43H49N5O4SSi. The van der Waals surface area contributed by atoms with Gasteiger partial charge < -0.3 is 14.5 Å². The van der Waals surface area contributed by atoms with E-state index >= 15 is 4.21 Å². The van der Waals surface area contributed by atoms with Gasteiger partial charge in [0.05, 0.1) is 19.3 Å². The largest absolute Gasteiger partial charge is 0.466 e. The first-order chi connectivity index (χ1) is 25.7. The van der Waals surface area contributed by atoms with Gasteiger partial charge in [0.15, 0.2) is 18.2 Å². The first kappa shape index (κ1) is 36.4. The highest BCUT2D eigenvalue weighted by Crippen LogP contribution is 2.44. The predicted molar refractivity (Wildman–Crippen MR) is 216 cm³/mol. The minimum absolute atomic E-state index is 0.0157. The van der Waals surface area contributed by atoms with E-state index in [2.05, 4.69) is 54.3 Å². The Kier molecular flexibility index (Phi) is 8.99. The lowest BCUT2D eigenvalue weighted by Crippen LogP contribution is -2.48. The van der Waals surface area contributed by atoms with Crippen molar-refractivity contribution in [3.63, 3.8) is 0 Å². The van der Waals surface area contributed by atoms with Crippen molar-refractivity contribution < 1.29 is 18.2 Å². The maximum atomic E-state index is 16.2. The highest BCUT2D eigenvalue weighted by atomic mass is 32.2. The summed E-state index contributed by atoms with van der Waals surface area (Å²) < 4.78 is 39.5. The number of carbonyl (C=O) groups excluding carboxylic acids is 1. The van der Waals surface area contributed by atoms with E-state index in [0.29, 0.717) is 19.0 Å². The minimum Gasteiger partial charge on any atom is -0.466 e. The van der Waals surface area contributed by atoms with Gasteiger partial charge in [-0.25, -0.2) is 18.4 Å². The second-order valence-corrected chi connectivity index (χ2v) is 23.3. The number of fused-ring (bicyclic) bond motifs is 3. The molecule has 4 aromatic carbocycles. The zero-order valence-electron chi connectivity index (χ0n) is 31.9. The van der Waals surface area contributed by atoms with Crippen LogP contribution in [-0.4, -0.2) is 40.5 Å². The van der Waals surface area contributed by atoms with E-state index in [0.717, 1.165) is 59.2 Å². The summed E-state index contributed by atoms with van der Waals surface area (Å²) in [6.45, 7) is 13.8. The van der Waals surface area contributed by atoms with E-state index in [1.54, 1.807) is 4.68 Å². The first-order valence-corrected chi connectivity index (χ1v) is 23.2. The molecule has 2 N–H and O–H groups in total. The monoisotopic (exact) mass is 759 g/mol. The van der Waals surface area contributed by atoms with Crippen LogP contribution >= 0.6 is 0 Å². The summed E-state index contributed by atoms with van der Waals surface area (Å²) in [5.41, 5.74) is 6.14. The molecular weight excluding hydrogens is 711 g/mol. The van der Waals surface area contributed by atoms with Crippen LogP contribution in [0.5, 0.6) is 5.88 Å². The lowest BCUT2D eigenvalue weighted by atomic mass is 9.76. The Labute approximate surface area is 319 Å². The quantitative estimate of drug-likeness (QED) is 0.109. The SMILES string of the molecule is CC(C)(C)[Si](C)(C)OC[C@@]1(C)Cn2ncc(S(=O)(=NC(=O)Nc3c4c(cc5c3CC5)CC4)NC(c3ccccc3)(c3ccccc3)c3ccccc3)c2O1. The fraction of sp³-hybridized carbons (Fsp3) is 0.349. The number of rotatable bonds is 10. The number of hydrogen-bond acceptors (Lipinski definition) is 5. The molecule has 0 spiro atoms. The molecule has 2 heterocycles. The fourth-order valence-electron chi connectivity index (χ4n) is 7.51. The number of benzene rings is 4. The second kappa shape index (κ2) is 13.3. The van der Waals surface area contributed by atoms with Gasteiger partial charge in [0.25, 0.3) is 0 Å². The van der Waals surface area contributed by atoms with Gasteiger partial charge in [0.1, 0.15) is 16.0 Å². The molecule has 11 heteroatoms. The molecule has 8 rings (SSSR count). The third-order valence-electron chi connectivity index (χ3n) is 11.8. The molecule has 0 radical (unpaired) electrons. The standard InChI is InChI=1S/C43H49N5O4SSi/c1-41(2,3)54(5,6)51-29-42(4)28-48-39(52-42)37(27-44-48)53(50,46-40(49)45-38-35-24-22-30(35)26-31-23-25-36(31)38)47-43(32-16-10-7-11-17-32,33-18-12-8-13-19-33)34-20-14-9-15-21-34/h7-21,26-27H,22-25,28-29H2,1-6H3,(H2,45,46,47,49,50)/t42-,53?/m1/s1. The van der Waals surface area contributed by atoms with E-state index in [1.165, 1.54) is 17.3 Å². The first-order valence-electron chi connectivity index (χ1n) is 18.8. The topological polar surface area (TPSA) is 107 Å². The van der Waals surface area contributed by atoms with Gasteiger partial charge in [-0.1, -0.05) is 118 Å². The molecule has 0 bridgehead atoms. The number of nitrogens with one attached hydrogen (secondary N) is 2. The maximum Gasteiger partial charge on any atom is 0.354 e. The van der Waals surface area contributed by atoms with E-state index in [9.17, 15) is 4.79 Å². The van der Waals surface area contributed by atoms with E-state index in [1.807, 2.05) is 97.9 Å². The minimum atomic E-state index is -3.88. The van der Waals surface area contributed by atoms with E-state index in [-0.39, 0.29) is 9.93 Å². The van der Waals surface area contributed by atoms with Crippen LogP contribution in [0.2, 0.25) is 18.1 Å². The maximum absolute atomic E-state index is 16.2. The van der Waals surface area contributed by atoms with Crippen LogP contribution in [0.4, 0.5) is 10.5 Å². The zero-order valence-corrected chi connectivity index (χ0v) is 33.8. The lowest BCUT2D eigenvalue weighted by molar-refractivity contribution is 0.0449. The number of nitrogens with zero attached hydrogens (tertiary/aromatic N) is 3. The van der Waals surface area contributed by atoms with Crippen LogP contribution in [0, 0.1) is 0 Å². The average Bonchev–Trinajstić information content (AvgIpc) is 3.66. The van der Waals surface area contributed by atoms with Crippen LogP contribution in [0.1, 0.15) is 66.6 Å². The second-order valence-electron chi connectivity index (χ2n) is 16.6. The number of hydrogen-bond donors (Lipinski definition) is 2. The van der Waals surface area contributed by atoms with Gasteiger partial charge in [-0.15, -0.1) is 4.36 Å². The molecule has 2 atom stereocenters. The molecule has 54 heavy (non-hydrogen) atoms. The van der Waals surface area contributed by atoms with Gasteiger partial charge in [0.2, 0.25) is 5.88 Å². The number of anilines is 1. The van der Waals surface area contributed by atoms with Crippen molar-refractivity contribution in [3.05, 3.63) is 142 Å². The molecule has 0 fully saturated rings. The van der Waals surface area contributed by atoms with Gasteiger partial charge >= 0.3 is 6.03 Å². The number of aryl methyl sites for hydroxylation is 2. The van der Waals surface area contributed by atoms with Crippen molar-refractivity contribution in [3.8, 4) is 5.88 Å². The number of carbonyl (C=O) groups is 1. The molecule has 2 aliphatic carbocycles. The molecule has 280 valence electrons. The van der Waals surface area contributed by atoms with E-state index < -0.39 is 35.4 Å². The van der Waals surface area contributed by atoms with Gasteiger partial charge in [-0.2, -0.15) is 5.10 Å². The molecule has 1 aromatic heterocycles. The molecule has 5 aromatic rings. The Bertz CT molecular complexity index is 2220. The van der Waals surface area contributed by atoms with Crippen LogP contribution < -0.4 is 14.8 Å². The Morgan fingerprint density at radius 2 is 1.41 bits per heavy atom. The summed E-state index contributed by atoms with van der Waals surface area (Å²) in [6.07, 6.45) is 5.30. The number of aromatic nitrogens is 2. The van der Waals surface area contributed by atoms with Crippen molar-refractivity contribution in [1.29, 1.82) is 0 Å². The van der Waals surface area contributed by atoms with Crippen molar-refractivity contribution in [2.24, 2.45) is 4.36 Å². The van der Waals surface area contributed by atoms with Crippen molar-refractivity contribution in [1.82, 2.24) is 14.5 Å². The summed E-state index contributed by atoms with van der Waals surface area (Å²) in [7, 11) is -5.99. The normalized spacial score (nSPS) is 18.6. The van der Waals surface area contributed by atoms with Gasteiger partial charge in [-0.05, 0) is 89.7 Å². The lowest BCUT2D eigenvalue weighted by Gasteiger charge is -2.38. The summed E-state index contributed by atoms with van der Waals surface area (Å²) >= 11 is 0. The van der Waals surface area contributed by atoms with Gasteiger partial charge in [0, 0.05) is 5.69 Å². The summed E-state index contributed by atoms with van der Waals surface area (Å²) in [5.74, 6) is 0.307. The van der Waals surface area contributed by atoms with Crippen LogP contribution in [0.3, 0.4) is 0 Å².